The van der Waals surface area contributed by atoms with Gasteiger partial charge in [0, 0.05) is 22.4 Å². The van der Waals surface area contributed by atoms with Crippen molar-refractivity contribution in [1.29, 1.82) is 0 Å². The zero-order chi connectivity index (χ0) is 9.42. The van der Waals surface area contributed by atoms with Crippen LogP contribution in [-0.2, 0) is 6.54 Å². The Hall–Kier alpha value is 0.440. The standard InChI is InChI=1S/C7H6BrIN2OS/c8-5-2-10-7-11(6(5)12)3-4(1-9)13-7/h2,4H,1,3H2. The van der Waals surface area contributed by atoms with Gasteiger partial charge < -0.3 is 0 Å². The Kier molecular flexibility index (Phi) is 2.99. The van der Waals surface area contributed by atoms with E-state index in [9.17, 15) is 4.79 Å². The summed E-state index contributed by atoms with van der Waals surface area (Å²) in [5.74, 6) is 0. The van der Waals surface area contributed by atoms with Crippen molar-refractivity contribution in [2.24, 2.45) is 0 Å². The molecule has 1 aromatic heterocycles. The number of halogens is 2. The Bertz CT molecular complexity index is 395. The van der Waals surface area contributed by atoms with E-state index in [1.807, 2.05) is 0 Å². The van der Waals surface area contributed by atoms with Crippen molar-refractivity contribution in [1.82, 2.24) is 9.55 Å². The van der Waals surface area contributed by atoms with Crippen LogP contribution in [0.3, 0.4) is 0 Å². The third kappa shape index (κ3) is 1.80. The van der Waals surface area contributed by atoms with Crippen molar-refractivity contribution in [3.05, 3.63) is 21.0 Å². The van der Waals surface area contributed by atoms with E-state index >= 15 is 0 Å². The number of thioether (sulfide) groups is 1. The minimum Gasteiger partial charge on any atom is -0.285 e. The van der Waals surface area contributed by atoms with Crippen LogP contribution in [-0.4, -0.2) is 19.2 Å². The molecule has 6 heteroatoms. The zero-order valence-corrected chi connectivity index (χ0v) is 11.1. The molecule has 2 rings (SSSR count). The highest BCUT2D eigenvalue weighted by atomic mass is 127. The summed E-state index contributed by atoms with van der Waals surface area (Å²) >= 11 is 7.20. The summed E-state index contributed by atoms with van der Waals surface area (Å²) in [7, 11) is 0. The summed E-state index contributed by atoms with van der Waals surface area (Å²) in [5.41, 5.74) is 0.0323. The van der Waals surface area contributed by atoms with Crippen LogP contribution in [0.2, 0.25) is 0 Å². The number of hydrogen-bond donors (Lipinski definition) is 0. The van der Waals surface area contributed by atoms with E-state index in [-0.39, 0.29) is 5.56 Å². The molecule has 2 heterocycles. The molecule has 70 valence electrons. The van der Waals surface area contributed by atoms with E-state index in [2.05, 4.69) is 43.5 Å². The van der Waals surface area contributed by atoms with Crippen LogP contribution in [0.25, 0.3) is 0 Å². The van der Waals surface area contributed by atoms with Gasteiger partial charge in [0.2, 0.25) is 0 Å². The molecule has 0 aliphatic carbocycles. The fourth-order valence-corrected chi connectivity index (χ4v) is 3.30. The first-order chi connectivity index (χ1) is 6.22. The van der Waals surface area contributed by atoms with Gasteiger partial charge >= 0.3 is 0 Å². The number of rotatable bonds is 1. The Morgan fingerprint density at radius 2 is 2.62 bits per heavy atom. The Labute approximate surface area is 102 Å². The number of aromatic nitrogens is 2. The lowest BCUT2D eigenvalue weighted by atomic mass is 10.4. The summed E-state index contributed by atoms with van der Waals surface area (Å²) in [6.07, 6.45) is 1.58. The predicted molar refractivity (Wildman–Crippen MR) is 64.7 cm³/mol. The second-order valence-electron chi connectivity index (χ2n) is 2.70. The van der Waals surface area contributed by atoms with Crippen LogP contribution >= 0.6 is 50.3 Å². The molecule has 0 bridgehead atoms. The molecule has 1 aromatic rings. The maximum atomic E-state index is 11.6. The molecule has 0 saturated carbocycles. The number of hydrogen-bond acceptors (Lipinski definition) is 3. The van der Waals surface area contributed by atoms with Gasteiger partial charge in [-0.2, -0.15) is 0 Å². The first-order valence-corrected chi connectivity index (χ1v) is 6.90. The third-order valence-corrected chi connectivity index (χ3v) is 5.19. The van der Waals surface area contributed by atoms with Gasteiger partial charge in [-0.1, -0.05) is 34.4 Å². The number of nitrogens with zero attached hydrogens (tertiary/aromatic N) is 2. The van der Waals surface area contributed by atoms with E-state index < -0.39 is 0 Å². The fraction of sp³-hybridized carbons (Fsp3) is 0.429. The molecule has 13 heavy (non-hydrogen) atoms. The van der Waals surface area contributed by atoms with E-state index in [0.717, 1.165) is 16.1 Å². The van der Waals surface area contributed by atoms with Gasteiger partial charge in [0.05, 0.1) is 0 Å². The second-order valence-corrected chi connectivity index (χ2v) is 5.70. The van der Waals surface area contributed by atoms with Crippen LogP contribution in [0.1, 0.15) is 0 Å². The van der Waals surface area contributed by atoms with Crippen LogP contribution < -0.4 is 5.56 Å². The molecule has 1 atom stereocenters. The molecule has 0 fully saturated rings. The molecule has 3 nitrogen and oxygen atoms in total. The normalized spacial score (nSPS) is 20.3. The number of fused-ring (bicyclic) bond motifs is 1. The average molecular weight is 373 g/mol. The van der Waals surface area contributed by atoms with Crippen molar-refractivity contribution in [3.8, 4) is 0 Å². The Balaban J connectivity index is 2.47. The van der Waals surface area contributed by atoms with Gasteiger partial charge in [0.1, 0.15) is 4.47 Å². The van der Waals surface area contributed by atoms with Crippen molar-refractivity contribution in [2.75, 3.05) is 4.43 Å². The minimum atomic E-state index is 0.0323. The summed E-state index contributed by atoms with van der Waals surface area (Å²) < 4.78 is 3.33. The molecule has 0 aromatic carbocycles. The predicted octanol–water partition coefficient (Wildman–Crippen LogP) is 1.92. The lowest BCUT2D eigenvalue weighted by molar-refractivity contribution is 0.619. The highest BCUT2D eigenvalue weighted by molar-refractivity contribution is 14.1. The van der Waals surface area contributed by atoms with Crippen molar-refractivity contribution in [3.63, 3.8) is 0 Å². The van der Waals surface area contributed by atoms with Gasteiger partial charge in [-0.15, -0.1) is 0 Å². The first-order valence-electron chi connectivity index (χ1n) is 3.70. The second kappa shape index (κ2) is 3.90. The SMILES string of the molecule is O=c1c(Br)cnc2n1CC(CI)S2. The fourth-order valence-electron chi connectivity index (χ4n) is 1.18. The molecule has 1 unspecified atom stereocenters. The molecule has 0 amide bonds. The summed E-state index contributed by atoms with van der Waals surface area (Å²) in [6, 6.07) is 0. The van der Waals surface area contributed by atoms with E-state index in [4.69, 9.17) is 0 Å². The number of alkyl halides is 1. The molecule has 0 radical (unpaired) electrons. The smallest absolute Gasteiger partial charge is 0.268 e. The van der Waals surface area contributed by atoms with E-state index in [0.29, 0.717) is 9.72 Å². The maximum absolute atomic E-state index is 11.6. The quantitative estimate of drug-likeness (QED) is 0.429. The van der Waals surface area contributed by atoms with Gasteiger partial charge in [-0.3, -0.25) is 9.36 Å². The lowest BCUT2D eigenvalue weighted by Gasteiger charge is -2.00. The van der Waals surface area contributed by atoms with Gasteiger partial charge in [0.25, 0.3) is 5.56 Å². The minimum absolute atomic E-state index is 0.0323. The molecule has 0 saturated heterocycles. The Morgan fingerprint density at radius 3 is 3.31 bits per heavy atom. The van der Waals surface area contributed by atoms with Crippen molar-refractivity contribution in [2.45, 2.75) is 17.0 Å². The monoisotopic (exact) mass is 372 g/mol. The van der Waals surface area contributed by atoms with Crippen LogP contribution in [0.15, 0.2) is 20.6 Å². The molecule has 1 aliphatic rings. The van der Waals surface area contributed by atoms with E-state index in [1.54, 1.807) is 22.5 Å². The maximum Gasteiger partial charge on any atom is 0.268 e. The van der Waals surface area contributed by atoms with E-state index in [1.165, 1.54) is 0 Å². The Morgan fingerprint density at radius 1 is 1.85 bits per heavy atom. The van der Waals surface area contributed by atoms with Crippen LogP contribution in [0.4, 0.5) is 0 Å². The van der Waals surface area contributed by atoms with Gasteiger partial charge in [0.15, 0.2) is 5.16 Å². The van der Waals surface area contributed by atoms with Crippen LogP contribution in [0, 0.1) is 0 Å². The largest absolute Gasteiger partial charge is 0.285 e. The highest BCUT2D eigenvalue weighted by Crippen LogP contribution is 2.30. The molecule has 0 spiro atoms. The lowest BCUT2D eigenvalue weighted by Crippen LogP contribution is -2.22. The molecule has 0 N–H and O–H groups in total. The van der Waals surface area contributed by atoms with Crippen molar-refractivity contribution < 1.29 is 0 Å². The van der Waals surface area contributed by atoms with Gasteiger partial charge in [-0.25, -0.2) is 4.98 Å². The molecular weight excluding hydrogens is 367 g/mol. The third-order valence-electron chi connectivity index (χ3n) is 1.80. The molecule has 1 aliphatic heterocycles. The van der Waals surface area contributed by atoms with Gasteiger partial charge in [-0.05, 0) is 15.9 Å². The first kappa shape index (κ1) is 9.97. The summed E-state index contributed by atoms with van der Waals surface area (Å²) in [6.45, 7) is 0.786. The highest BCUT2D eigenvalue weighted by Gasteiger charge is 2.23. The van der Waals surface area contributed by atoms with Crippen molar-refractivity contribution >= 4 is 50.3 Å². The zero-order valence-electron chi connectivity index (χ0n) is 6.54. The summed E-state index contributed by atoms with van der Waals surface area (Å²) in [5, 5.41) is 1.34. The molecular formula is C7H6BrIN2OS. The van der Waals surface area contributed by atoms with Crippen LogP contribution in [0.5, 0.6) is 0 Å². The topological polar surface area (TPSA) is 34.9 Å². The average Bonchev–Trinajstić information content (AvgIpc) is 2.55. The summed E-state index contributed by atoms with van der Waals surface area (Å²) in [4.78, 5) is 15.8.